The van der Waals surface area contributed by atoms with Crippen molar-refractivity contribution in [2.45, 2.75) is 25.1 Å². The number of benzene rings is 2. The number of hydrogen-bond donors (Lipinski definition) is 4. The molecular formula is C20H24N2O6. The summed E-state index contributed by atoms with van der Waals surface area (Å²) in [6.07, 6.45) is 0.0188. The first-order valence-electron chi connectivity index (χ1n) is 8.67. The topological polar surface area (TPSA) is 131 Å². The molecule has 2 aromatic rings. The van der Waals surface area contributed by atoms with Gasteiger partial charge in [0.25, 0.3) is 0 Å². The number of carbonyl (C=O) groups is 2. The van der Waals surface area contributed by atoms with Crippen LogP contribution < -0.4 is 20.5 Å². The van der Waals surface area contributed by atoms with E-state index in [-0.39, 0.29) is 6.42 Å². The summed E-state index contributed by atoms with van der Waals surface area (Å²) >= 11 is 0. The molecule has 150 valence electrons. The van der Waals surface area contributed by atoms with Gasteiger partial charge in [-0.15, -0.1) is 0 Å². The monoisotopic (exact) mass is 388 g/mol. The van der Waals surface area contributed by atoms with E-state index < -0.39 is 30.6 Å². The van der Waals surface area contributed by atoms with E-state index in [0.717, 1.165) is 5.56 Å². The highest BCUT2D eigenvalue weighted by Gasteiger charge is 2.23. The Morgan fingerprint density at radius 3 is 2.43 bits per heavy atom. The lowest BCUT2D eigenvalue weighted by atomic mass is 10.0. The number of rotatable bonds is 10. The number of carboxylic acids is 1. The number of aliphatic carboxylic acids is 1. The van der Waals surface area contributed by atoms with Crippen molar-refractivity contribution >= 4 is 11.9 Å². The van der Waals surface area contributed by atoms with Crippen LogP contribution in [0.25, 0.3) is 0 Å². The SMILES string of the molecule is COc1ccc(CC(NC(=O)[C@@H](N)CO)C(=O)O)cc1OCc1ccccc1. The van der Waals surface area contributed by atoms with Gasteiger partial charge in [-0.25, -0.2) is 4.79 Å². The Morgan fingerprint density at radius 1 is 1.11 bits per heavy atom. The normalized spacial score (nSPS) is 12.7. The molecule has 0 aliphatic heterocycles. The van der Waals surface area contributed by atoms with Crippen LogP contribution in [0.15, 0.2) is 48.5 Å². The zero-order valence-electron chi connectivity index (χ0n) is 15.5. The fourth-order valence-electron chi connectivity index (χ4n) is 2.49. The van der Waals surface area contributed by atoms with Gasteiger partial charge < -0.3 is 30.7 Å². The van der Waals surface area contributed by atoms with Crippen LogP contribution in [-0.4, -0.2) is 47.9 Å². The second-order valence-corrected chi connectivity index (χ2v) is 6.15. The summed E-state index contributed by atoms with van der Waals surface area (Å²) in [6, 6.07) is 12.3. The van der Waals surface area contributed by atoms with E-state index in [2.05, 4.69) is 5.32 Å². The van der Waals surface area contributed by atoms with Gasteiger partial charge in [-0.3, -0.25) is 4.79 Å². The molecule has 0 aliphatic rings. The van der Waals surface area contributed by atoms with E-state index in [1.54, 1.807) is 18.2 Å². The second kappa shape index (κ2) is 10.3. The minimum absolute atomic E-state index is 0.0188. The molecule has 0 aromatic heterocycles. The molecule has 5 N–H and O–H groups in total. The van der Waals surface area contributed by atoms with Crippen LogP contribution in [0.2, 0.25) is 0 Å². The highest BCUT2D eigenvalue weighted by atomic mass is 16.5. The summed E-state index contributed by atoms with van der Waals surface area (Å²) < 4.78 is 11.1. The van der Waals surface area contributed by atoms with Gasteiger partial charge in [0.05, 0.1) is 13.7 Å². The van der Waals surface area contributed by atoms with E-state index in [4.69, 9.17) is 20.3 Å². The number of amides is 1. The summed E-state index contributed by atoms with van der Waals surface area (Å²) in [5.41, 5.74) is 7.03. The molecule has 0 saturated carbocycles. The number of aliphatic hydroxyl groups is 1. The van der Waals surface area contributed by atoms with E-state index >= 15 is 0 Å². The number of ether oxygens (including phenoxy) is 2. The van der Waals surface area contributed by atoms with Gasteiger partial charge in [0, 0.05) is 6.42 Å². The summed E-state index contributed by atoms with van der Waals surface area (Å²) in [5.74, 6) is -0.964. The third-order valence-electron chi connectivity index (χ3n) is 4.05. The lowest BCUT2D eigenvalue weighted by molar-refractivity contribution is -0.142. The molecule has 0 fully saturated rings. The molecular weight excluding hydrogens is 364 g/mol. The van der Waals surface area contributed by atoms with Gasteiger partial charge in [0.2, 0.25) is 5.91 Å². The smallest absolute Gasteiger partial charge is 0.326 e. The van der Waals surface area contributed by atoms with Gasteiger partial charge >= 0.3 is 5.97 Å². The van der Waals surface area contributed by atoms with Gasteiger partial charge in [0.15, 0.2) is 11.5 Å². The molecule has 0 aliphatic carbocycles. The number of nitrogens with two attached hydrogens (primary N) is 1. The number of hydrogen-bond acceptors (Lipinski definition) is 6. The van der Waals surface area contributed by atoms with Crippen molar-refractivity contribution in [3.63, 3.8) is 0 Å². The highest BCUT2D eigenvalue weighted by molar-refractivity contribution is 5.87. The van der Waals surface area contributed by atoms with Crippen LogP contribution in [0.1, 0.15) is 11.1 Å². The molecule has 2 atom stereocenters. The van der Waals surface area contributed by atoms with E-state index in [1.165, 1.54) is 7.11 Å². The van der Waals surface area contributed by atoms with Crippen molar-refractivity contribution in [2.75, 3.05) is 13.7 Å². The average molecular weight is 388 g/mol. The van der Waals surface area contributed by atoms with Crippen LogP contribution in [0.4, 0.5) is 0 Å². The average Bonchev–Trinajstić information content (AvgIpc) is 2.71. The fourth-order valence-corrected chi connectivity index (χ4v) is 2.49. The zero-order valence-corrected chi connectivity index (χ0v) is 15.5. The van der Waals surface area contributed by atoms with Crippen molar-refractivity contribution in [3.8, 4) is 11.5 Å². The molecule has 0 radical (unpaired) electrons. The van der Waals surface area contributed by atoms with Gasteiger partial charge in [0.1, 0.15) is 18.7 Å². The number of carboxylic acid groups (broad SMARTS) is 1. The molecule has 2 aromatic carbocycles. The minimum Gasteiger partial charge on any atom is -0.493 e. The Hall–Kier alpha value is -3.10. The van der Waals surface area contributed by atoms with Crippen molar-refractivity contribution in [3.05, 3.63) is 59.7 Å². The first kappa shape index (κ1) is 21.2. The minimum atomic E-state index is -1.21. The van der Waals surface area contributed by atoms with Crippen LogP contribution in [0.5, 0.6) is 11.5 Å². The predicted molar refractivity (Wildman–Crippen MR) is 102 cm³/mol. The lowest BCUT2D eigenvalue weighted by Crippen LogP contribution is -2.50. The highest BCUT2D eigenvalue weighted by Crippen LogP contribution is 2.29. The third-order valence-corrected chi connectivity index (χ3v) is 4.05. The maximum absolute atomic E-state index is 11.8. The number of aliphatic hydroxyl groups excluding tert-OH is 1. The van der Waals surface area contributed by atoms with Crippen molar-refractivity contribution < 1.29 is 29.3 Å². The maximum atomic E-state index is 11.8. The Morgan fingerprint density at radius 2 is 1.82 bits per heavy atom. The number of nitrogens with one attached hydrogen (secondary N) is 1. The fraction of sp³-hybridized carbons (Fsp3) is 0.300. The van der Waals surface area contributed by atoms with E-state index in [0.29, 0.717) is 23.7 Å². The molecule has 8 heteroatoms. The standard InChI is InChI=1S/C20H24N2O6/c1-27-17-8-7-14(9-16(20(25)26)22-19(24)15(21)11-23)10-18(17)28-12-13-5-3-2-4-6-13/h2-8,10,15-16,23H,9,11-12,21H2,1H3,(H,22,24)(H,25,26)/t15-,16?/m0/s1. The zero-order chi connectivity index (χ0) is 20.5. The Bertz CT molecular complexity index is 797. The Kier molecular flexibility index (Phi) is 7.79. The molecule has 1 amide bonds. The summed E-state index contributed by atoms with van der Waals surface area (Å²) in [5, 5.41) is 20.6. The molecule has 2 rings (SSSR count). The third kappa shape index (κ3) is 5.97. The molecule has 1 unspecified atom stereocenters. The summed E-state index contributed by atoms with van der Waals surface area (Å²) in [4.78, 5) is 23.3. The first-order chi connectivity index (χ1) is 13.4. The Labute approximate surface area is 162 Å². The molecule has 0 spiro atoms. The van der Waals surface area contributed by atoms with E-state index in [1.807, 2.05) is 30.3 Å². The Balaban J connectivity index is 2.13. The van der Waals surface area contributed by atoms with E-state index in [9.17, 15) is 14.7 Å². The van der Waals surface area contributed by atoms with Crippen LogP contribution in [-0.2, 0) is 22.6 Å². The summed E-state index contributed by atoms with van der Waals surface area (Å²) in [7, 11) is 1.51. The predicted octanol–water partition coefficient (Wildman–Crippen LogP) is 0.706. The van der Waals surface area contributed by atoms with Crippen LogP contribution in [0, 0.1) is 0 Å². The number of methoxy groups -OCH3 is 1. The maximum Gasteiger partial charge on any atom is 0.326 e. The molecule has 28 heavy (non-hydrogen) atoms. The molecule has 8 nitrogen and oxygen atoms in total. The largest absolute Gasteiger partial charge is 0.493 e. The lowest BCUT2D eigenvalue weighted by Gasteiger charge is -2.18. The van der Waals surface area contributed by atoms with Crippen LogP contribution >= 0.6 is 0 Å². The van der Waals surface area contributed by atoms with Crippen molar-refractivity contribution in [1.82, 2.24) is 5.32 Å². The quantitative estimate of drug-likeness (QED) is 0.471. The first-order valence-corrected chi connectivity index (χ1v) is 8.67. The number of carbonyl (C=O) groups excluding carboxylic acids is 1. The molecule has 0 bridgehead atoms. The molecule has 0 heterocycles. The van der Waals surface area contributed by atoms with Crippen molar-refractivity contribution in [1.29, 1.82) is 0 Å². The summed E-state index contributed by atoms with van der Waals surface area (Å²) in [6.45, 7) is -0.247. The second-order valence-electron chi connectivity index (χ2n) is 6.15. The van der Waals surface area contributed by atoms with Gasteiger partial charge in [-0.2, -0.15) is 0 Å². The van der Waals surface area contributed by atoms with Crippen LogP contribution in [0.3, 0.4) is 0 Å². The van der Waals surface area contributed by atoms with Crippen molar-refractivity contribution in [2.24, 2.45) is 5.73 Å². The molecule has 0 saturated heterocycles. The van der Waals surface area contributed by atoms with Gasteiger partial charge in [-0.05, 0) is 23.3 Å². The van der Waals surface area contributed by atoms with Gasteiger partial charge in [-0.1, -0.05) is 36.4 Å².